The number of hydrogen-bond acceptors (Lipinski definition) is 4. The highest BCUT2D eigenvalue weighted by molar-refractivity contribution is 7.89. The average molecular weight is 323 g/mol. The van der Waals surface area contributed by atoms with E-state index >= 15 is 0 Å². The van der Waals surface area contributed by atoms with Gasteiger partial charge in [-0.1, -0.05) is 11.6 Å². The van der Waals surface area contributed by atoms with Gasteiger partial charge in [0.1, 0.15) is 5.82 Å². The maximum atomic E-state index is 13.3. The van der Waals surface area contributed by atoms with Crippen LogP contribution in [0.5, 0.6) is 0 Å². The zero-order valence-electron chi connectivity index (χ0n) is 11.1. The summed E-state index contributed by atoms with van der Waals surface area (Å²) in [4.78, 5) is 1.56. The maximum absolute atomic E-state index is 13.3. The van der Waals surface area contributed by atoms with Crippen LogP contribution in [0.2, 0.25) is 5.02 Å². The van der Waals surface area contributed by atoms with E-state index in [0.717, 1.165) is 16.4 Å². The quantitative estimate of drug-likeness (QED) is 0.893. The zero-order chi connectivity index (χ0) is 15.1. The van der Waals surface area contributed by atoms with Gasteiger partial charge >= 0.3 is 0 Å². The molecule has 20 heavy (non-hydrogen) atoms. The molecular weight excluding hydrogens is 307 g/mol. The summed E-state index contributed by atoms with van der Waals surface area (Å²) in [5.41, 5.74) is 0. The highest BCUT2D eigenvalue weighted by Crippen LogP contribution is 2.25. The normalized spacial score (nSPS) is 24.5. The molecule has 0 aliphatic carbocycles. The van der Waals surface area contributed by atoms with E-state index in [1.54, 1.807) is 19.0 Å². The van der Waals surface area contributed by atoms with E-state index in [0.29, 0.717) is 0 Å². The highest BCUT2D eigenvalue weighted by atomic mass is 35.5. The van der Waals surface area contributed by atoms with Crippen LogP contribution in [0.15, 0.2) is 23.1 Å². The lowest BCUT2D eigenvalue weighted by Crippen LogP contribution is -2.38. The fourth-order valence-electron chi connectivity index (χ4n) is 2.27. The minimum absolute atomic E-state index is 0.0146. The number of aliphatic hydroxyl groups excluding tert-OH is 1. The minimum atomic E-state index is -3.86. The average Bonchev–Trinajstić information content (AvgIpc) is 2.70. The Labute approximate surface area is 122 Å². The SMILES string of the molecule is CN(C)[C@H]1CN(S(=O)(=O)c2cc(F)cc(Cl)c2)C[C@@H]1O. The first-order valence-electron chi connectivity index (χ1n) is 6.02. The Morgan fingerprint density at radius 1 is 1.35 bits per heavy atom. The third kappa shape index (κ3) is 2.96. The van der Waals surface area contributed by atoms with Crippen LogP contribution in [0.4, 0.5) is 4.39 Å². The number of benzene rings is 1. The van der Waals surface area contributed by atoms with Gasteiger partial charge in [0.15, 0.2) is 0 Å². The first-order chi connectivity index (χ1) is 9.21. The lowest BCUT2D eigenvalue weighted by molar-refractivity contribution is 0.113. The Morgan fingerprint density at radius 2 is 2.00 bits per heavy atom. The molecule has 1 N–H and O–H groups in total. The van der Waals surface area contributed by atoms with Crippen molar-refractivity contribution >= 4 is 21.6 Å². The zero-order valence-corrected chi connectivity index (χ0v) is 12.7. The Kier molecular flexibility index (Phi) is 4.36. The van der Waals surface area contributed by atoms with Gasteiger partial charge in [-0.05, 0) is 32.3 Å². The summed E-state index contributed by atoms with van der Waals surface area (Å²) in [5.74, 6) is -0.708. The van der Waals surface area contributed by atoms with Gasteiger partial charge in [-0.15, -0.1) is 0 Å². The first-order valence-corrected chi connectivity index (χ1v) is 7.84. The van der Waals surface area contributed by atoms with Crippen LogP contribution in [0.3, 0.4) is 0 Å². The predicted molar refractivity (Wildman–Crippen MR) is 73.7 cm³/mol. The van der Waals surface area contributed by atoms with Crippen molar-refractivity contribution in [1.82, 2.24) is 9.21 Å². The highest BCUT2D eigenvalue weighted by Gasteiger charge is 2.39. The molecule has 1 aliphatic heterocycles. The van der Waals surface area contributed by atoms with Gasteiger partial charge in [-0.2, -0.15) is 4.31 Å². The van der Waals surface area contributed by atoms with Crippen molar-refractivity contribution in [3.05, 3.63) is 29.0 Å². The molecular formula is C12H16ClFN2O3S. The Morgan fingerprint density at radius 3 is 2.50 bits per heavy atom. The summed E-state index contributed by atoms with van der Waals surface area (Å²) in [5, 5.41) is 9.92. The van der Waals surface area contributed by atoms with Gasteiger partial charge in [0.2, 0.25) is 10.0 Å². The largest absolute Gasteiger partial charge is 0.390 e. The number of rotatable bonds is 3. The van der Waals surface area contributed by atoms with Crippen molar-refractivity contribution < 1.29 is 17.9 Å². The standard InChI is InChI=1S/C12H16ClFN2O3S/c1-15(2)11-6-16(7-12(11)17)20(18,19)10-4-8(13)3-9(14)5-10/h3-5,11-12,17H,6-7H2,1-2H3/t11-,12-/m0/s1. The third-order valence-electron chi connectivity index (χ3n) is 3.36. The molecule has 5 nitrogen and oxygen atoms in total. The van der Waals surface area contributed by atoms with Gasteiger partial charge in [-0.3, -0.25) is 0 Å². The number of hydrogen-bond donors (Lipinski definition) is 1. The third-order valence-corrected chi connectivity index (χ3v) is 5.39. The smallest absolute Gasteiger partial charge is 0.243 e. The monoisotopic (exact) mass is 322 g/mol. The number of nitrogens with zero attached hydrogens (tertiary/aromatic N) is 2. The summed E-state index contributed by atoms with van der Waals surface area (Å²) in [6.45, 7) is 0.143. The van der Waals surface area contributed by atoms with Crippen molar-refractivity contribution in [2.75, 3.05) is 27.2 Å². The van der Waals surface area contributed by atoms with E-state index < -0.39 is 21.9 Å². The molecule has 1 aliphatic rings. The second kappa shape index (κ2) is 5.57. The number of β-amino-alcohol motifs (C(OH)–C–C–N with tert-alkyl or cyclic N) is 1. The van der Waals surface area contributed by atoms with Crippen molar-refractivity contribution in [2.24, 2.45) is 0 Å². The van der Waals surface area contributed by atoms with Crippen LogP contribution >= 0.6 is 11.6 Å². The molecule has 0 saturated carbocycles. The Balaban J connectivity index is 2.32. The van der Waals surface area contributed by atoms with Crippen molar-refractivity contribution in [3.63, 3.8) is 0 Å². The summed E-state index contributed by atoms with van der Waals surface area (Å²) < 4.78 is 39.3. The number of sulfonamides is 1. The van der Waals surface area contributed by atoms with E-state index in [2.05, 4.69) is 0 Å². The lowest BCUT2D eigenvalue weighted by atomic mass is 10.2. The van der Waals surface area contributed by atoms with Gasteiger partial charge in [0, 0.05) is 18.1 Å². The number of aliphatic hydroxyl groups is 1. The molecule has 0 spiro atoms. The van der Waals surface area contributed by atoms with Crippen LogP contribution in [0, 0.1) is 5.82 Å². The lowest BCUT2D eigenvalue weighted by Gasteiger charge is -2.21. The molecule has 0 bridgehead atoms. The molecule has 1 aromatic rings. The molecule has 1 fully saturated rings. The first kappa shape index (κ1) is 15.7. The van der Waals surface area contributed by atoms with Gasteiger partial charge < -0.3 is 10.0 Å². The fourth-order valence-corrected chi connectivity index (χ4v) is 4.09. The van der Waals surface area contributed by atoms with Crippen LogP contribution in [-0.4, -0.2) is 62.1 Å². The summed E-state index contributed by atoms with van der Waals surface area (Å²) >= 11 is 5.69. The molecule has 0 unspecified atom stereocenters. The minimum Gasteiger partial charge on any atom is -0.390 e. The summed E-state index contributed by atoms with van der Waals surface area (Å²) in [7, 11) is -0.327. The molecule has 2 atom stereocenters. The summed E-state index contributed by atoms with van der Waals surface area (Å²) in [6.07, 6.45) is -0.774. The van der Waals surface area contributed by atoms with Crippen LogP contribution in [0.25, 0.3) is 0 Å². The van der Waals surface area contributed by atoms with Gasteiger partial charge in [0.05, 0.1) is 17.0 Å². The molecule has 112 valence electrons. The van der Waals surface area contributed by atoms with Gasteiger partial charge in [-0.25, -0.2) is 12.8 Å². The van der Waals surface area contributed by atoms with Crippen LogP contribution in [0.1, 0.15) is 0 Å². The van der Waals surface area contributed by atoms with Crippen molar-refractivity contribution in [1.29, 1.82) is 0 Å². The van der Waals surface area contributed by atoms with Crippen LogP contribution < -0.4 is 0 Å². The predicted octanol–water partition coefficient (Wildman–Crippen LogP) is 0.774. The van der Waals surface area contributed by atoms with Crippen molar-refractivity contribution in [2.45, 2.75) is 17.0 Å². The molecule has 1 aromatic carbocycles. The molecule has 1 heterocycles. The van der Waals surface area contributed by atoms with Crippen molar-refractivity contribution in [3.8, 4) is 0 Å². The topological polar surface area (TPSA) is 60.9 Å². The summed E-state index contributed by atoms with van der Waals surface area (Å²) in [6, 6.07) is 2.89. The fraction of sp³-hybridized carbons (Fsp3) is 0.500. The Hall–Kier alpha value is -0.730. The van der Waals surface area contributed by atoms with E-state index in [-0.39, 0.29) is 29.0 Å². The van der Waals surface area contributed by atoms with E-state index in [4.69, 9.17) is 11.6 Å². The van der Waals surface area contributed by atoms with E-state index in [1.807, 2.05) is 0 Å². The molecule has 0 aromatic heterocycles. The molecule has 2 rings (SSSR count). The second-order valence-electron chi connectivity index (χ2n) is 5.03. The van der Waals surface area contributed by atoms with Crippen LogP contribution in [-0.2, 0) is 10.0 Å². The molecule has 8 heteroatoms. The molecule has 0 amide bonds. The second-order valence-corrected chi connectivity index (χ2v) is 7.40. The number of likely N-dealkylation sites (N-methyl/N-ethyl adjacent to an activating group) is 1. The molecule has 1 saturated heterocycles. The van der Waals surface area contributed by atoms with E-state index in [9.17, 15) is 17.9 Å². The number of halogens is 2. The van der Waals surface area contributed by atoms with Gasteiger partial charge in [0.25, 0.3) is 0 Å². The molecule has 0 radical (unpaired) electrons. The van der Waals surface area contributed by atoms with E-state index in [1.165, 1.54) is 6.07 Å². The maximum Gasteiger partial charge on any atom is 0.243 e. The Bertz CT molecular complexity index is 588.